The molecule has 0 saturated heterocycles. The van der Waals surface area contributed by atoms with Crippen molar-refractivity contribution in [1.82, 2.24) is 9.99 Å². The first-order valence-electron chi connectivity index (χ1n) is 13.4. The van der Waals surface area contributed by atoms with Crippen LogP contribution in [0.4, 0.5) is 5.69 Å². The highest BCUT2D eigenvalue weighted by Crippen LogP contribution is 2.32. The van der Waals surface area contributed by atoms with E-state index in [4.69, 9.17) is 9.47 Å². The summed E-state index contributed by atoms with van der Waals surface area (Å²) in [6.45, 7) is 9.56. The van der Waals surface area contributed by atoms with Crippen molar-refractivity contribution in [3.8, 4) is 17.2 Å². The van der Waals surface area contributed by atoms with Crippen LogP contribution >= 0.6 is 0 Å². The minimum absolute atomic E-state index is 0.0455. The normalized spacial score (nSPS) is 11.5. The van der Waals surface area contributed by atoms with Crippen LogP contribution in [0.25, 0.3) is 5.69 Å². The lowest BCUT2D eigenvalue weighted by Gasteiger charge is -2.24. The molecule has 3 aromatic carbocycles. The second kappa shape index (κ2) is 12.5. The monoisotopic (exact) mass is 588 g/mol. The van der Waals surface area contributed by atoms with E-state index in [1.807, 2.05) is 26.8 Å². The molecular weight excluding hydrogens is 552 g/mol. The fraction of sp³-hybridized carbons (Fsp3) is 0.250. The Morgan fingerprint density at radius 1 is 0.881 bits per heavy atom. The van der Waals surface area contributed by atoms with Crippen molar-refractivity contribution in [3.05, 3.63) is 100 Å². The number of ether oxygens (including phenoxy) is 2. The Labute approximate surface area is 247 Å². The van der Waals surface area contributed by atoms with Gasteiger partial charge in [-0.25, -0.2) is 13.8 Å². The van der Waals surface area contributed by atoms with E-state index in [1.54, 1.807) is 30.5 Å². The van der Waals surface area contributed by atoms with E-state index in [-0.39, 0.29) is 10.6 Å². The number of amides is 1. The van der Waals surface area contributed by atoms with E-state index >= 15 is 0 Å². The number of anilines is 1. The predicted octanol–water partition coefficient (Wildman–Crippen LogP) is 5.38. The molecule has 0 fully saturated rings. The molecule has 42 heavy (non-hydrogen) atoms. The van der Waals surface area contributed by atoms with Gasteiger partial charge in [-0.05, 0) is 88.2 Å². The molecule has 4 rings (SSSR count). The van der Waals surface area contributed by atoms with Gasteiger partial charge in [0.1, 0.15) is 6.54 Å². The Bertz CT molecular complexity index is 1740. The van der Waals surface area contributed by atoms with Gasteiger partial charge in [-0.15, -0.1) is 0 Å². The van der Waals surface area contributed by atoms with Gasteiger partial charge in [0.2, 0.25) is 0 Å². The molecule has 0 radical (unpaired) electrons. The molecule has 0 aliphatic heterocycles. The van der Waals surface area contributed by atoms with Crippen molar-refractivity contribution in [2.45, 2.75) is 39.5 Å². The number of methoxy groups -OCH3 is 2. The summed E-state index contributed by atoms with van der Waals surface area (Å²) in [5, 5.41) is 4.15. The van der Waals surface area contributed by atoms with Gasteiger partial charge in [-0.1, -0.05) is 23.8 Å². The van der Waals surface area contributed by atoms with Crippen LogP contribution in [0, 0.1) is 34.6 Å². The predicted molar refractivity (Wildman–Crippen MR) is 166 cm³/mol. The summed E-state index contributed by atoms with van der Waals surface area (Å²) in [4.78, 5) is 13.0. The van der Waals surface area contributed by atoms with Crippen molar-refractivity contribution in [1.29, 1.82) is 0 Å². The largest absolute Gasteiger partial charge is 0.493 e. The summed E-state index contributed by atoms with van der Waals surface area (Å²) >= 11 is 0. The molecule has 9 nitrogen and oxygen atoms in total. The Morgan fingerprint density at radius 2 is 1.57 bits per heavy atom. The van der Waals surface area contributed by atoms with Crippen molar-refractivity contribution < 1.29 is 22.7 Å². The molecule has 1 heterocycles. The van der Waals surface area contributed by atoms with Gasteiger partial charge in [0.15, 0.2) is 11.5 Å². The number of rotatable bonds is 10. The van der Waals surface area contributed by atoms with E-state index < -0.39 is 22.5 Å². The number of carbonyl (C=O) groups is 1. The first-order chi connectivity index (χ1) is 20.0. The minimum Gasteiger partial charge on any atom is -0.493 e. The van der Waals surface area contributed by atoms with Crippen molar-refractivity contribution in [2.24, 2.45) is 5.10 Å². The molecule has 1 aromatic heterocycles. The lowest BCUT2D eigenvalue weighted by atomic mass is 10.1. The molecule has 0 spiro atoms. The van der Waals surface area contributed by atoms with Crippen LogP contribution in [0.1, 0.15) is 33.6 Å². The maximum atomic E-state index is 13.8. The standard InChI is InChI=1S/C32H36N4O5S/c1-21-8-11-27(12-9-21)35(42(38,39)29-14-15-30(40-6)31(18-29)41-7)20-32(37)34-33-19-26-17-24(4)36(25(26)5)28-13-10-22(2)23(3)16-28/h8-19H,20H2,1-7H3,(H,34,37)/b33-19+. The maximum absolute atomic E-state index is 13.8. The quantitative estimate of drug-likeness (QED) is 0.198. The fourth-order valence-corrected chi connectivity index (χ4v) is 6.09. The van der Waals surface area contributed by atoms with E-state index in [1.165, 1.54) is 43.5 Å². The van der Waals surface area contributed by atoms with E-state index in [0.29, 0.717) is 11.4 Å². The van der Waals surface area contributed by atoms with Crippen LogP contribution < -0.4 is 19.2 Å². The van der Waals surface area contributed by atoms with Crippen molar-refractivity contribution >= 4 is 27.8 Å². The molecule has 1 N–H and O–H groups in total. The summed E-state index contributed by atoms with van der Waals surface area (Å²) in [6, 6.07) is 19.5. The van der Waals surface area contributed by atoms with Crippen LogP contribution in [-0.4, -0.2) is 45.9 Å². The molecule has 220 valence electrons. The number of nitrogens with one attached hydrogen (secondary N) is 1. The summed E-state index contributed by atoms with van der Waals surface area (Å²) in [5.41, 5.74) is 10.1. The Balaban J connectivity index is 1.58. The first-order valence-corrected chi connectivity index (χ1v) is 14.8. The molecule has 0 aliphatic rings. The summed E-state index contributed by atoms with van der Waals surface area (Å²) in [5.74, 6) is 0.0519. The molecule has 0 aliphatic carbocycles. The molecule has 0 saturated carbocycles. The van der Waals surface area contributed by atoms with E-state index in [2.05, 4.69) is 47.1 Å². The highest BCUT2D eigenvalue weighted by molar-refractivity contribution is 7.92. The number of hydrazone groups is 1. The van der Waals surface area contributed by atoms with Gasteiger partial charge in [0, 0.05) is 28.7 Å². The van der Waals surface area contributed by atoms with Crippen molar-refractivity contribution in [3.63, 3.8) is 0 Å². The van der Waals surface area contributed by atoms with Crippen molar-refractivity contribution in [2.75, 3.05) is 25.1 Å². The SMILES string of the molecule is COc1ccc(S(=O)(=O)N(CC(=O)N/N=C/c2cc(C)n(-c3ccc(C)c(C)c3)c2C)c2ccc(C)cc2)cc1OC. The zero-order valence-electron chi connectivity index (χ0n) is 24.9. The molecule has 0 bridgehead atoms. The average molecular weight is 589 g/mol. The molecule has 4 aromatic rings. The lowest BCUT2D eigenvalue weighted by Crippen LogP contribution is -2.39. The zero-order chi connectivity index (χ0) is 30.6. The number of benzene rings is 3. The fourth-order valence-electron chi connectivity index (χ4n) is 4.65. The highest BCUT2D eigenvalue weighted by atomic mass is 32.2. The molecular formula is C32H36N4O5S. The summed E-state index contributed by atoms with van der Waals surface area (Å²) in [7, 11) is -1.27. The number of aryl methyl sites for hydroxylation is 4. The summed E-state index contributed by atoms with van der Waals surface area (Å²) in [6.07, 6.45) is 1.57. The van der Waals surface area contributed by atoms with Gasteiger partial charge in [0.05, 0.1) is 31.0 Å². The Morgan fingerprint density at radius 3 is 2.21 bits per heavy atom. The van der Waals surface area contributed by atoms with Gasteiger partial charge >= 0.3 is 0 Å². The first kappa shape index (κ1) is 30.4. The molecule has 1 amide bonds. The number of carbonyl (C=O) groups excluding carboxylic acids is 1. The number of sulfonamides is 1. The number of hydrogen-bond donors (Lipinski definition) is 1. The smallest absolute Gasteiger partial charge is 0.264 e. The number of hydrogen-bond acceptors (Lipinski definition) is 6. The maximum Gasteiger partial charge on any atom is 0.264 e. The molecule has 0 atom stereocenters. The van der Waals surface area contributed by atoms with Gasteiger partial charge < -0.3 is 14.0 Å². The zero-order valence-corrected chi connectivity index (χ0v) is 25.7. The van der Waals surface area contributed by atoms with Crippen LogP contribution in [-0.2, 0) is 14.8 Å². The average Bonchev–Trinajstić information content (AvgIpc) is 3.25. The summed E-state index contributed by atoms with van der Waals surface area (Å²) < 4.78 is 41.3. The van der Waals surface area contributed by atoms with Gasteiger partial charge in [-0.3, -0.25) is 9.10 Å². The Hall–Kier alpha value is -4.57. The van der Waals surface area contributed by atoms with Crippen LogP contribution in [0.5, 0.6) is 11.5 Å². The van der Waals surface area contributed by atoms with Crippen LogP contribution in [0.3, 0.4) is 0 Å². The Kier molecular flexibility index (Phi) is 9.06. The third-order valence-corrected chi connectivity index (χ3v) is 8.93. The topological polar surface area (TPSA) is 102 Å². The second-order valence-corrected chi connectivity index (χ2v) is 11.9. The second-order valence-electron chi connectivity index (χ2n) is 10.1. The van der Waals surface area contributed by atoms with Gasteiger partial charge in [-0.2, -0.15) is 5.10 Å². The van der Waals surface area contributed by atoms with Crippen LogP contribution in [0.2, 0.25) is 0 Å². The van der Waals surface area contributed by atoms with Crippen LogP contribution in [0.15, 0.2) is 76.7 Å². The highest BCUT2D eigenvalue weighted by Gasteiger charge is 2.28. The minimum atomic E-state index is -4.16. The third kappa shape index (κ3) is 6.33. The van der Waals surface area contributed by atoms with E-state index in [0.717, 1.165) is 32.5 Å². The lowest BCUT2D eigenvalue weighted by molar-refractivity contribution is -0.119. The van der Waals surface area contributed by atoms with Gasteiger partial charge in [0.25, 0.3) is 15.9 Å². The molecule has 10 heteroatoms. The van der Waals surface area contributed by atoms with E-state index in [9.17, 15) is 13.2 Å². The third-order valence-electron chi connectivity index (χ3n) is 7.16. The molecule has 0 unspecified atom stereocenters. The number of aromatic nitrogens is 1. The number of nitrogens with zero attached hydrogens (tertiary/aromatic N) is 3.